The molecule has 1 fully saturated rings. The van der Waals surface area contributed by atoms with E-state index in [0.29, 0.717) is 6.20 Å². The van der Waals surface area contributed by atoms with Crippen LogP contribution in [0.4, 0.5) is 27.8 Å². The van der Waals surface area contributed by atoms with Gasteiger partial charge in [-0.3, -0.25) is 4.98 Å². The maximum atomic E-state index is 12.9. The van der Waals surface area contributed by atoms with Gasteiger partial charge in [0.1, 0.15) is 5.82 Å². The number of alkyl halides is 5. The molecule has 1 aromatic rings. The molecule has 0 bridgehead atoms. The minimum Gasteiger partial charge on any atom is -0.355 e. The maximum Gasteiger partial charge on any atom is 0.434 e. The average Bonchev–Trinajstić information content (AvgIpc) is 2.28. The molecular formula is C10H10F5N3. The first-order valence-corrected chi connectivity index (χ1v) is 5.30. The van der Waals surface area contributed by atoms with Crippen molar-refractivity contribution >= 4 is 5.82 Å². The summed E-state index contributed by atoms with van der Waals surface area (Å²) in [6.07, 6.45) is -3.58. The summed E-state index contributed by atoms with van der Waals surface area (Å²) < 4.78 is 63.1. The monoisotopic (exact) mass is 267 g/mol. The number of anilines is 1. The highest BCUT2D eigenvalue weighted by Crippen LogP contribution is 2.31. The van der Waals surface area contributed by atoms with Gasteiger partial charge in [-0.25, -0.2) is 13.8 Å². The molecule has 2 heterocycles. The Morgan fingerprint density at radius 1 is 1.11 bits per heavy atom. The Hall–Kier alpha value is -1.47. The molecule has 0 saturated carbocycles. The zero-order valence-electron chi connectivity index (χ0n) is 9.21. The van der Waals surface area contributed by atoms with Crippen molar-refractivity contribution < 1.29 is 22.0 Å². The minimum absolute atomic E-state index is 0.0136. The first kappa shape index (κ1) is 13.0. The van der Waals surface area contributed by atoms with Crippen LogP contribution in [0, 0.1) is 0 Å². The topological polar surface area (TPSA) is 29.0 Å². The van der Waals surface area contributed by atoms with Crippen molar-refractivity contribution in [3.05, 3.63) is 18.1 Å². The summed E-state index contributed by atoms with van der Waals surface area (Å²) >= 11 is 0. The molecule has 1 aliphatic rings. The fourth-order valence-corrected chi connectivity index (χ4v) is 1.71. The van der Waals surface area contributed by atoms with E-state index in [9.17, 15) is 22.0 Å². The number of hydrogen-bond donors (Lipinski definition) is 0. The Labute approximate surface area is 99.6 Å². The fraction of sp³-hybridized carbons (Fsp3) is 0.600. The van der Waals surface area contributed by atoms with Crippen molar-refractivity contribution in [3.63, 3.8) is 0 Å². The van der Waals surface area contributed by atoms with Crippen LogP contribution in [0.25, 0.3) is 0 Å². The molecule has 0 atom stereocenters. The molecule has 18 heavy (non-hydrogen) atoms. The molecule has 1 aromatic heterocycles. The van der Waals surface area contributed by atoms with Gasteiger partial charge in [0.05, 0.1) is 12.4 Å². The molecule has 0 aliphatic carbocycles. The molecule has 0 unspecified atom stereocenters. The summed E-state index contributed by atoms with van der Waals surface area (Å²) in [7, 11) is 0. The van der Waals surface area contributed by atoms with Crippen molar-refractivity contribution in [1.82, 2.24) is 9.97 Å². The average molecular weight is 267 g/mol. The first-order chi connectivity index (χ1) is 8.28. The van der Waals surface area contributed by atoms with Gasteiger partial charge < -0.3 is 4.90 Å². The van der Waals surface area contributed by atoms with Gasteiger partial charge >= 0.3 is 6.18 Å². The maximum absolute atomic E-state index is 12.9. The summed E-state index contributed by atoms with van der Waals surface area (Å²) in [4.78, 5) is 8.25. The summed E-state index contributed by atoms with van der Waals surface area (Å²) in [5, 5.41) is 0. The molecule has 2 rings (SSSR count). The number of rotatable bonds is 1. The molecule has 0 radical (unpaired) electrons. The SMILES string of the molecule is FC1(F)CCN(c2cncc(C(F)(F)F)n2)CC1. The fourth-order valence-electron chi connectivity index (χ4n) is 1.71. The van der Waals surface area contributed by atoms with Gasteiger partial charge in [-0.05, 0) is 0 Å². The summed E-state index contributed by atoms with van der Waals surface area (Å²) in [6.45, 7) is -0.0496. The third-order valence-corrected chi connectivity index (χ3v) is 2.73. The molecule has 0 spiro atoms. The van der Waals surface area contributed by atoms with Gasteiger partial charge in [0, 0.05) is 25.9 Å². The minimum atomic E-state index is -4.58. The molecular weight excluding hydrogens is 257 g/mol. The van der Waals surface area contributed by atoms with Crippen LogP contribution in [0.1, 0.15) is 18.5 Å². The van der Waals surface area contributed by atoms with Gasteiger partial charge in [-0.15, -0.1) is 0 Å². The Kier molecular flexibility index (Phi) is 3.12. The van der Waals surface area contributed by atoms with Crippen LogP contribution in [-0.2, 0) is 6.18 Å². The highest BCUT2D eigenvalue weighted by Gasteiger charge is 2.36. The lowest BCUT2D eigenvalue weighted by atomic mass is 10.1. The van der Waals surface area contributed by atoms with Gasteiger partial charge in [0.15, 0.2) is 5.69 Å². The predicted molar refractivity (Wildman–Crippen MR) is 53.4 cm³/mol. The number of halogens is 5. The van der Waals surface area contributed by atoms with Crippen LogP contribution < -0.4 is 4.90 Å². The molecule has 0 amide bonds. The molecule has 1 aliphatic heterocycles. The number of nitrogens with zero attached hydrogens (tertiary/aromatic N) is 3. The Balaban J connectivity index is 2.15. The van der Waals surface area contributed by atoms with Crippen LogP contribution in [-0.4, -0.2) is 29.0 Å². The van der Waals surface area contributed by atoms with Crippen molar-refractivity contribution in [2.45, 2.75) is 24.9 Å². The van der Waals surface area contributed by atoms with Gasteiger partial charge in [-0.1, -0.05) is 0 Å². The van der Waals surface area contributed by atoms with Crippen molar-refractivity contribution in [3.8, 4) is 0 Å². The lowest BCUT2D eigenvalue weighted by molar-refractivity contribution is -0.141. The van der Waals surface area contributed by atoms with Gasteiger partial charge in [-0.2, -0.15) is 13.2 Å². The lowest BCUT2D eigenvalue weighted by Crippen LogP contribution is -2.40. The molecule has 8 heteroatoms. The Morgan fingerprint density at radius 2 is 1.72 bits per heavy atom. The van der Waals surface area contributed by atoms with Crippen molar-refractivity contribution in [1.29, 1.82) is 0 Å². The molecule has 0 N–H and O–H groups in total. The zero-order valence-corrected chi connectivity index (χ0v) is 9.21. The second-order valence-electron chi connectivity index (χ2n) is 4.10. The van der Waals surface area contributed by atoms with Crippen LogP contribution in [0.2, 0.25) is 0 Å². The van der Waals surface area contributed by atoms with Crippen molar-refractivity contribution in [2.75, 3.05) is 18.0 Å². The highest BCUT2D eigenvalue weighted by molar-refractivity contribution is 5.37. The van der Waals surface area contributed by atoms with E-state index in [1.165, 1.54) is 4.90 Å². The van der Waals surface area contributed by atoms with E-state index in [0.717, 1.165) is 6.20 Å². The van der Waals surface area contributed by atoms with Crippen LogP contribution >= 0.6 is 0 Å². The quantitative estimate of drug-likeness (QED) is 0.733. The largest absolute Gasteiger partial charge is 0.434 e. The second kappa shape index (κ2) is 4.33. The summed E-state index contributed by atoms with van der Waals surface area (Å²) in [5.74, 6) is -2.76. The second-order valence-corrected chi connectivity index (χ2v) is 4.10. The van der Waals surface area contributed by atoms with Crippen LogP contribution in [0.5, 0.6) is 0 Å². The standard InChI is InChI=1S/C10H10F5N3/c11-9(12)1-3-18(4-2-9)8-6-16-5-7(17-8)10(13,14)15/h5-6H,1-4H2. The third-order valence-electron chi connectivity index (χ3n) is 2.73. The summed E-state index contributed by atoms with van der Waals surface area (Å²) in [6, 6.07) is 0. The van der Waals surface area contributed by atoms with E-state index in [-0.39, 0.29) is 31.7 Å². The summed E-state index contributed by atoms with van der Waals surface area (Å²) in [5.41, 5.74) is -1.11. The van der Waals surface area contributed by atoms with E-state index in [1.807, 2.05) is 0 Å². The van der Waals surface area contributed by atoms with Crippen molar-refractivity contribution in [2.24, 2.45) is 0 Å². The van der Waals surface area contributed by atoms with E-state index < -0.39 is 17.8 Å². The van der Waals surface area contributed by atoms with E-state index >= 15 is 0 Å². The highest BCUT2D eigenvalue weighted by atomic mass is 19.4. The third kappa shape index (κ3) is 2.85. The molecule has 1 saturated heterocycles. The van der Waals surface area contributed by atoms with Gasteiger partial charge in [0.2, 0.25) is 0 Å². The Morgan fingerprint density at radius 3 is 2.28 bits per heavy atom. The lowest BCUT2D eigenvalue weighted by Gasteiger charge is -2.32. The predicted octanol–water partition coefficient (Wildman–Crippen LogP) is 2.73. The smallest absolute Gasteiger partial charge is 0.355 e. The van der Waals surface area contributed by atoms with E-state index in [2.05, 4.69) is 9.97 Å². The zero-order chi connectivity index (χ0) is 13.4. The normalized spacial score (nSPS) is 19.9. The molecule has 100 valence electrons. The molecule has 0 aromatic carbocycles. The van der Waals surface area contributed by atoms with Crippen LogP contribution in [0.3, 0.4) is 0 Å². The van der Waals surface area contributed by atoms with E-state index in [1.54, 1.807) is 0 Å². The van der Waals surface area contributed by atoms with E-state index in [4.69, 9.17) is 0 Å². The van der Waals surface area contributed by atoms with Crippen LogP contribution in [0.15, 0.2) is 12.4 Å². The van der Waals surface area contributed by atoms with Gasteiger partial charge in [0.25, 0.3) is 5.92 Å². The molecule has 3 nitrogen and oxygen atoms in total. The number of aromatic nitrogens is 2. The number of hydrogen-bond acceptors (Lipinski definition) is 3. The Bertz CT molecular complexity index is 422. The number of piperidine rings is 1. The first-order valence-electron chi connectivity index (χ1n) is 5.30.